The van der Waals surface area contributed by atoms with Crippen LogP contribution in [-0.4, -0.2) is 35.7 Å². The first kappa shape index (κ1) is 13.5. The third-order valence-corrected chi connectivity index (χ3v) is 3.62. The molecule has 0 heterocycles. The van der Waals surface area contributed by atoms with E-state index in [1.165, 1.54) is 19.3 Å². The van der Waals surface area contributed by atoms with E-state index < -0.39 is 0 Å². The van der Waals surface area contributed by atoms with Gasteiger partial charge in [0.1, 0.15) is 0 Å². The molecule has 1 N–H and O–H groups in total. The van der Waals surface area contributed by atoms with Crippen molar-refractivity contribution < 1.29 is 5.11 Å². The summed E-state index contributed by atoms with van der Waals surface area (Å²) in [6.45, 7) is 4.32. The highest BCUT2D eigenvalue weighted by atomic mass is 16.3. The van der Waals surface area contributed by atoms with Gasteiger partial charge in [-0.25, -0.2) is 0 Å². The topological polar surface area (TPSA) is 47.3 Å². The predicted molar refractivity (Wildman–Crippen MR) is 64.9 cm³/mol. The fourth-order valence-corrected chi connectivity index (χ4v) is 2.71. The minimum absolute atomic E-state index is 0.196. The van der Waals surface area contributed by atoms with Crippen LogP contribution in [0.2, 0.25) is 0 Å². The fraction of sp³-hybridized carbons (Fsp3) is 0.923. The molecular formula is C13H24N2O. The van der Waals surface area contributed by atoms with Crippen molar-refractivity contribution in [3.63, 3.8) is 0 Å². The van der Waals surface area contributed by atoms with Crippen LogP contribution in [0.15, 0.2) is 0 Å². The summed E-state index contributed by atoms with van der Waals surface area (Å²) in [7, 11) is 0. The van der Waals surface area contributed by atoms with Crippen LogP contribution in [0.5, 0.6) is 0 Å². The summed E-state index contributed by atoms with van der Waals surface area (Å²) in [5.41, 5.74) is 0. The Hall–Kier alpha value is -0.590. The quantitative estimate of drug-likeness (QED) is 0.728. The van der Waals surface area contributed by atoms with Crippen LogP contribution in [0.1, 0.15) is 45.4 Å². The lowest BCUT2D eigenvalue weighted by atomic mass is 9.94. The second-order valence-corrected chi connectivity index (χ2v) is 4.65. The summed E-state index contributed by atoms with van der Waals surface area (Å²) >= 11 is 0. The second-order valence-electron chi connectivity index (χ2n) is 4.65. The average molecular weight is 224 g/mol. The molecule has 0 aromatic rings. The molecule has 0 amide bonds. The van der Waals surface area contributed by atoms with Crippen LogP contribution in [-0.2, 0) is 0 Å². The summed E-state index contributed by atoms with van der Waals surface area (Å²) in [5, 5.41) is 18.1. The Morgan fingerprint density at radius 3 is 2.69 bits per heavy atom. The van der Waals surface area contributed by atoms with Crippen molar-refractivity contribution in [2.45, 2.75) is 51.5 Å². The summed E-state index contributed by atoms with van der Waals surface area (Å²) in [6, 6.07) is 2.90. The Kier molecular flexibility index (Phi) is 6.44. The largest absolute Gasteiger partial charge is 0.396 e. The first-order valence-corrected chi connectivity index (χ1v) is 6.58. The molecule has 1 fully saturated rings. The minimum Gasteiger partial charge on any atom is -0.396 e. The molecule has 0 aliphatic heterocycles. The van der Waals surface area contributed by atoms with Gasteiger partial charge < -0.3 is 5.11 Å². The van der Waals surface area contributed by atoms with Gasteiger partial charge in [-0.15, -0.1) is 0 Å². The Balaban J connectivity index is 2.59. The number of aliphatic hydroxyl groups is 1. The Bertz CT molecular complexity index is 224. The van der Waals surface area contributed by atoms with E-state index in [1.54, 1.807) is 0 Å². The molecule has 1 aliphatic carbocycles. The van der Waals surface area contributed by atoms with Gasteiger partial charge in [-0.05, 0) is 25.8 Å². The number of nitrogens with zero attached hydrogens (tertiary/aromatic N) is 2. The van der Waals surface area contributed by atoms with Crippen LogP contribution in [0, 0.1) is 17.2 Å². The SMILES string of the molecule is CCN(CCCO)C1CCCCCC1C#N. The third-order valence-electron chi connectivity index (χ3n) is 3.62. The van der Waals surface area contributed by atoms with E-state index in [0.717, 1.165) is 32.4 Å². The zero-order valence-electron chi connectivity index (χ0n) is 10.4. The monoisotopic (exact) mass is 224 g/mol. The smallest absolute Gasteiger partial charge is 0.0672 e. The van der Waals surface area contributed by atoms with E-state index in [-0.39, 0.29) is 12.5 Å². The normalized spacial score (nSPS) is 26.4. The fourth-order valence-electron chi connectivity index (χ4n) is 2.71. The predicted octanol–water partition coefficient (Wildman–Crippen LogP) is 2.16. The molecule has 16 heavy (non-hydrogen) atoms. The molecule has 0 radical (unpaired) electrons. The molecule has 0 saturated heterocycles. The number of hydrogen-bond donors (Lipinski definition) is 1. The van der Waals surface area contributed by atoms with E-state index >= 15 is 0 Å². The molecule has 1 aliphatic rings. The van der Waals surface area contributed by atoms with E-state index in [2.05, 4.69) is 17.9 Å². The standard InChI is InChI=1S/C13H24N2O/c1-2-15(9-6-10-16)13-8-5-3-4-7-12(13)11-14/h12-13,16H,2-10H2,1H3. The molecule has 0 aromatic carbocycles. The molecule has 0 spiro atoms. The molecule has 1 saturated carbocycles. The van der Waals surface area contributed by atoms with Gasteiger partial charge in [-0.2, -0.15) is 5.26 Å². The van der Waals surface area contributed by atoms with Crippen molar-refractivity contribution in [1.29, 1.82) is 5.26 Å². The van der Waals surface area contributed by atoms with Crippen molar-refractivity contribution in [3.05, 3.63) is 0 Å². The van der Waals surface area contributed by atoms with Gasteiger partial charge in [0, 0.05) is 19.2 Å². The minimum atomic E-state index is 0.196. The van der Waals surface area contributed by atoms with Gasteiger partial charge in [0.15, 0.2) is 0 Å². The highest BCUT2D eigenvalue weighted by molar-refractivity contribution is 4.94. The van der Waals surface area contributed by atoms with Gasteiger partial charge in [0.25, 0.3) is 0 Å². The average Bonchev–Trinajstić information content (AvgIpc) is 2.55. The number of rotatable bonds is 5. The summed E-state index contributed by atoms with van der Waals surface area (Å²) in [5.74, 6) is 0.196. The molecule has 2 atom stereocenters. The zero-order chi connectivity index (χ0) is 11.8. The maximum absolute atomic E-state index is 9.23. The number of hydrogen-bond acceptors (Lipinski definition) is 3. The molecule has 2 unspecified atom stereocenters. The van der Waals surface area contributed by atoms with E-state index in [4.69, 9.17) is 5.11 Å². The molecule has 1 rings (SSSR count). The Morgan fingerprint density at radius 1 is 1.31 bits per heavy atom. The van der Waals surface area contributed by atoms with E-state index in [1.807, 2.05) is 0 Å². The van der Waals surface area contributed by atoms with Crippen molar-refractivity contribution in [2.24, 2.45) is 5.92 Å². The van der Waals surface area contributed by atoms with Crippen molar-refractivity contribution in [3.8, 4) is 6.07 Å². The van der Waals surface area contributed by atoms with Gasteiger partial charge in [-0.1, -0.05) is 26.2 Å². The first-order chi connectivity index (χ1) is 7.83. The zero-order valence-corrected chi connectivity index (χ0v) is 10.4. The Morgan fingerprint density at radius 2 is 2.06 bits per heavy atom. The number of nitriles is 1. The van der Waals surface area contributed by atoms with Gasteiger partial charge in [-0.3, -0.25) is 4.90 Å². The van der Waals surface area contributed by atoms with Crippen LogP contribution in [0.4, 0.5) is 0 Å². The van der Waals surface area contributed by atoms with Gasteiger partial charge >= 0.3 is 0 Å². The van der Waals surface area contributed by atoms with Crippen LogP contribution < -0.4 is 0 Å². The Labute approximate surface area is 99.1 Å². The third kappa shape index (κ3) is 3.77. The van der Waals surface area contributed by atoms with E-state index in [9.17, 15) is 5.26 Å². The van der Waals surface area contributed by atoms with Crippen molar-refractivity contribution in [2.75, 3.05) is 19.7 Å². The van der Waals surface area contributed by atoms with E-state index in [0.29, 0.717) is 6.04 Å². The molecule has 3 nitrogen and oxygen atoms in total. The highest BCUT2D eigenvalue weighted by Crippen LogP contribution is 2.27. The van der Waals surface area contributed by atoms with Crippen LogP contribution >= 0.6 is 0 Å². The molecule has 0 aromatic heterocycles. The van der Waals surface area contributed by atoms with Crippen molar-refractivity contribution in [1.82, 2.24) is 4.90 Å². The summed E-state index contributed by atoms with van der Waals surface area (Å²) in [4.78, 5) is 2.38. The van der Waals surface area contributed by atoms with Gasteiger partial charge in [0.05, 0.1) is 12.0 Å². The lowest BCUT2D eigenvalue weighted by molar-refractivity contribution is 0.146. The second kappa shape index (κ2) is 7.65. The first-order valence-electron chi connectivity index (χ1n) is 6.58. The van der Waals surface area contributed by atoms with Crippen molar-refractivity contribution >= 4 is 0 Å². The maximum atomic E-state index is 9.23. The molecule has 3 heteroatoms. The van der Waals surface area contributed by atoms with Gasteiger partial charge in [0.2, 0.25) is 0 Å². The molecule has 92 valence electrons. The molecule has 0 bridgehead atoms. The van der Waals surface area contributed by atoms with Crippen LogP contribution in [0.25, 0.3) is 0 Å². The maximum Gasteiger partial charge on any atom is 0.0672 e. The number of aliphatic hydroxyl groups excluding tert-OH is 1. The lowest BCUT2D eigenvalue weighted by Crippen LogP contribution is -2.40. The highest BCUT2D eigenvalue weighted by Gasteiger charge is 2.27. The van der Waals surface area contributed by atoms with Crippen LogP contribution in [0.3, 0.4) is 0 Å². The summed E-state index contributed by atoms with van der Waals surface area (Å²) < 4.78 is 0. The molecular weight excluding hydrogens is 200 g/mol. The summed E-state index contributed by atoms with van der Waals surface area (Å²) in [6.07, 6.45) is 6.74. The lowest BCUT2D eigenvalue weighted by Gasteiger charge is -2.32.